The van der Waals surface area contributed by atoms with Crippen molar-refractivity contribution in [2.24, 2.45) is 0 Å². The molecule has 2 heterocycles. The van der Waals surface area contributed by atoms with Crippen LogP contribution in [-0.4, -0.2) is 50.2 Å². The number of fused-ring (bicyclic) bond motifs is 2. The number of carboxylic acid groups (broad SMARTS) is 2. The van der Waals surface area contributed by atoms with Gasteiger partial charge in [-0.1, -0.05) is 68.4 Å². The third kappa shape index (κ3) is 10.2. The molecule has 0 radical (unpaired) electrons. The van der Waals surface area contributed by atoms with Crippen LogP contribution in [0.25, 0.3) is 34.0 Å². The van der Waals surface area contributed by atoms with Gasteiger partial charge >= 0.3 is 11.9 Å². The van der Waals surface area contributed by atoms with Crippen molar-refractivity contribution in [1.82, 2.24) is 9.13 Å². The molecule has 0 bridgehead atoms. The molecule has 0 saturated carbocycles. The third-order valence-electron chi connectivity index (χ3n) is 8.74. The number of ether oxygens (including phenoxy) is 1. The Balaban J connectivity index is 0.000000218. The Hall–Kier alpha value is -7.90. The van der Waals surface area contributed by atoms with E-state index in [1.54, 1.807) is 76.1 Å². The van der Waals surface area contributed by atoms with Crippen LogP contribution in [0.1, 0.15) is 36.5 Å². The average Bonchev–Trinajstić information content (AvgIpc) is 3.72. The van der Waals surface area contributed by atoms with E-state index in [0.717, 1.165) is 21.9 Å². The number of nitriles is 2. The molecule has 6 aromatic rings. The fraction of sp³-hybridized carbons (Fsp3) is 0.136. The second-order valence-electron chi connectivity index (χ2n) is 13.0. The van der Waals surface area contributed by atoms with Gasteiger partial charge in [0, 0.05) is 62.8 Å². The van der Waals surface area contributed by atoms with Crippen molar-refractivity contribution in [3.05, 3.63) is 137 Å². The molecule has 0 atom stereocenters. The van der Waals surface area contributed by atoms with Crippen LogP contribution in [0.4, 0.5) is 11.4 Å². The Labute approximate surface area is 328 Å². The topological polar surface area (TPSA) is 199 Å². The second kappa shape index (κ2) is 18.4. The van der Waals surface area contributed by atoms with Gasteiger partial charge in [0.15, 0.2) is 0 Å². The first-order chi connectivity index (χ1) is 27.4. The van der Waals surface area contributed by atoms with Crippen LogP contribution in [0.5, 0.6) is 5.75 Å². The molecule has 13 heteroatoms. The maximum absolute atomic E-state index is 12.6. The van der Waals surface area contributed by atoms with Crippen molar-refractivity contribution in [2.45, 2.75) is 32.9 Å². The lowest BCUT2D eigenvalue weighted by Crippen LogP contribution is -2.13. The SMILES string of the molecule is CC(C)c1ccc(NC(=O)C(C#N)=Cc2cn(CC(=O)O)c3ccccc23)cc1.COc1cccc(NC(=O)C(C#N)=Cc2cn(CC(=O)O)c3ccccc23)c1. The van der Waals surface area contributed by atoms with E-state index in [-0.39, 0.29) is 24.2 Å². The van der Waals surface area contributed by atoms with Crippen LogP contribution in [0.3, 0.4) is 0 Å². The third-order valence-corrected chi connectivity index (χ3v) is 8.74. The summed E-state index contributed by atoms with van der Waals surface area (Å²) in [5, 5.41) is 44.1. The number of hydrogen-bond donors (Lipinski definition) is 4. The highest BCUT2D eigenvalue weighted by atomic mass is 16.5. The zero-order valence-corrected chi connectivity index (χ0v) is 31.3. The Morgan fingerprint density at radius 1 is 0.684 bits per heavy atom. The Morgan fingerprint density at radius 2 is 1.16 bits per heavy atom. The molecule has 0 fully saturated rings. The van der Waals surface area contributed by atoms with Crippen LogP contribution in [0, 0.1) is 22.7 Å². The molecule has 0 aliphatic heterocycles. The molecule has 286 valence electrons. The minimum absolute atomic E-state index is 0.0591. The number of nitrogens with one attached hydrogen (secondary N) is 2. The first-order valence-electron chi connectivity index (χ1n) is 17.6. The number of carbonyl (C=O) groups excluding carboxylic acids is 2. The standard InChI is InChI=1S/C23H21N3O3.C21H17N3O4/c1-15(2)16-7-9-19(10-8-16)25-23(29)17(12-24)11-18-13-26(14-22(27)28)21-6-4-3-5-20(18)21;1-28-17-6-4-5-16(10-17)23-21(27)14(11-22)9-15-12-24(13-20(25)26)19-8-3-2-7-18(15)19/h3-11,13,15H,14H2,1-2H3,(H,25,29)(H,27,28);2-10,12H,13H2,1H3,(H,23,27)(H,25,26). The van der Waals surface area contributed by atoms with E-state index in [0.29, 0.717) is 39.7 Å². The summed E-state index contributed by atoms with van der Waals surface area (Å²) in [6.45, 7) is 3.76. The number of carboxylic acids is 2. The summed E-state index contributed by atoms with van der Waals surface area (Å²) in [5.74, 6) is -2.06. The minimum Gasteiger partial charge on any atom is -0.497 e. The van der Waals surface area contributed by atoms with Gasteiger partial charge in [-0.2, -0.15) is 10.5 Å². The summed E-state index contributed by atoms with van der Waals surface area (Å²) < 4.78 is 8.27. The zero-order valence-electron chi connectivity index (χ0n) is 31.3. The molecular weight excluding hydrogens is 725 g/mol. The quantitative estimate of drug-likeness (QED) is 0.0713. The van der Waals surface area contributed by atoms with Gasteiger partial charge in [0.2, 0.25) is 0 Å². The number of benzene rings is 4. The first kappa shape index (κ1) is 40.3. The number of para-hydroxylation sites is 2. The van der Waals surface area contributed by atoms with Gasteiger partial charge in [-0.05, 0) is 60.0 Å². The Bertz CT molecular complexity index is 2620. The summed E-state index contributed by atoms with van der Waals surface area (Å²) in [4.78, 5) is 47.3. The van der Waals surface area contributed by atoms with Crippen molar-refractivity contribution in [2.75, 3.05) is 17.7 Å². The van der Waals surface area contributed by atoms with Crippen LogP contribution in [-0.2, 0) is 32.3 Å². The average molecular weight is 763 g/mol. The zero-order chi connectivity index (χ0) is 41.1. The van der Waals surface area contributed by atoms with Crippen molar-refractivity contribution in [3.63, 3.8) is 0 Å². The molecule has 0 aliphatic carbocycles. The minimum atomic E-state index is -0.979. The van der Waals surface area contributed by atoms with E-state index in [1.807, 2.05) is 54.6 Å². The monoisotopic (exact) mass is 762 g/mol. The first-order valence-corrected chi connectivity index (χ1v) is 17.6. The molecule has 4 N–H and O–H groups in total. The molecule has 0 spiro atoms. The largest absolute Gasteiger partial charge is 0.497 e. The van der Waals surface area contributed by atoms with Crippen molar-refractivity contribution >= 4 is 69.1 Å². The number of nitrogens with zero attached hydrogens (tertiary/aromatic N) is 4. The van der Waals surface area contributed by atoms with E-state index in [2.05, 4.69) is 24.5 Å². The lowest BCUT2D eigenvalue weighted by Gasteiger charge is -2.08. The van der Waals surface area contributed by atoms with Crippen LogP contribution in [0.15, 0.2) is 121 Å². The molecule has 0 saturated heterocycles. The van der Waals surface area contributed by atoms with E-state index in [9.17, 15) is 29.7 Å². The molecular formula is C44H38N6O7. The number of aromatic nitrogens is 2. The van der Waals surface area contributed by atoms with Crippen molar-refractivity contribution < 1.29 is 34.1 Å². The Kier molecular flexibility index (Phi) is 13.0. The maximum atomic E-state index is 12.6. The second-order valence-corrected chi connectivity index (χ2v) is 13.0. The van der Waals surface area contributed by atoms with Gasteiger partial charge in [0.25, 0.3) is 11.8 Å². The van der Waals surface area contributed by atoms with Crippen LogP contribution < -0.4 is 15.4 Å². The number of aliphatic carboxylic acids is 2. The summed E-state index contributed by atoms with van der Waals surface area (Å²) >= 11 is 0. The van der Waals surface area contributed by atoms with Gasteiger partial charge in [-0.25, -0.2) is 0 Å². The maximum Gasteiger partial charge on any atom is 0.323 e. The van der Waals surface area contributed by atoms with E-state index >= 15 is 0 Å². The lowest BCUT2D eigenvalue weighted by molar-refractivity contribution is -0.138. The fourth-order valence-corrected chi connectivity index (χ4v) is 5.99. The number of rotatable bonds is 12. The predicted octanol–water partition coefficient (Wildman–Crippen LogP) is 7.68. The lowest BCUT2D eigenvalue weighted by atomic mass is 10.0. The normalized spacial score (nSPS) is 11.3. The molecule has 0 unspecified atom stereocenters. The van der Waals surface area contributed by atoms with E-state index in [4.69, 9.17) is 14.9 Å². The predicted molar refractivity (Wildman–Crippen MR) is 217 cm³/mol. The highest BCUT2D eigenvalue weighted by Crippen LogP contribution is 2.26. The molecule has 2 aromatic heterocycles. The highest BCUT2D eigenvalue weighted by molar-refractivity contribution is 6.11. The summed E-state index contributed by atoms with van der Waals surface area (Å²) in [5.41, 5.74) is 4.75. The van der Waals surface area contributed by atoms with Crippen LogP contribution in [0.2, 0.25) is 0 Å². The molecule has 0 aliphatic rings. The number of hydrogen-bond acceptors (Lipinski definition) is 7. The highest BCUT2D eigenvalue weighted by Gasteiger charge is 2.16. The Morgan fingerprint density at radius 3 is 1.60 bits per heavy atom. The number of anilines is 2. The molecule has 2 amide bonds. The van der Waals surface area contributed by atoms with Gasteiger partial charge in [-0.15, -0.1) is 0 Å². The molecule has 13 nitrogen and oxygen atoms in total. The molecule has 6 rings (SSSR count). The van der Waals surface area contributed by atoms with Gasteiger partial charge in [0.1, 0.15) is 42.1 Å². The van der Waals surface area contributed by atoms with Crippen LogP contribution >= 0.6 is 0 Å². The summed E-state index contributed by atoms with van der Waals surface area (Å²) in [6.07, 6.45) is 6.20. The van der Waals surface area contributed by atoms with Gasteiger partial charge < -0.3 is 34.7 Å². The molecule has 57 heavy (non-hydrogen) atoms. The molecule has 4 aromatic carbocycles. The van der Waals surface area contributed by atoms with Gasteiger partial charge in [0.05, 0.1) is 7.11 Å². The number of carbonyl (C=O) groups is 4. The summed E-state index contributed by atoms with van der Waals surface area (Å²) in [7, 11) is 1.52. The number of amides is 2. The smallest absolute Gasteiger partial charge is 0.323 e. The van der Waals surface area contributed by atoms with E-state index in [1.165, 1.54) is 19.3 Å². The number of methoxy groups -OCH3 is 1. The van der Waals surface area contributed by atoms with E-state index < -0.39 is 23.8 Å². The van der Waals surface area contributed by atoms with Crippen molar-refractivity contribution in [3.8, 4) is 17.9 Å². The van der Waals surface area contributed by atoms with Crippen molar-refractivity contribution in [1.29, 1.82) is 10.5 Å². The summed E-state index contributed by atoms with van der Waals surface area (Å²) in [6, 6.07) is 32.6. The fourth-order valence-electron chi connectivity index (χ4n) is 5.99. The van der Waals surface area contributed by atoms with Gasteiger partial charge in [-0.3, -0.25) is 19.2 Å².